The normalized spacial score (nSPS) is 10.8. The quantitative estimate of drug-likeness (QED) is 0.506. The Bertz CT molecular complexity index is 1190. The van der Waals surface area contributed by atoms with Crippen LogP contribution in [0.4, 0.5) is 5.69 Å². The number of nitrogens with one attached hydrogen (secondary N) is 1. The van der Waals surface area contributed by atoms with Crippen molar-refractivity contribution in [3.8, 4) is 11.3 Å². The second kappa shape index (κ2) is 9.22. The van der Waals surface area contributed by atoms with E-state index in [0.717, 1.165) is 16.7 Å². The Kier molecular flexibility index (Phi) is 6.03. The first kappa shape index (κ1) is 20.3. The molecule has 5 nitrogen and oxygen atoms in total. The molecule has 0 bridgehead atoms. The monoisotopic (exact) mass is 409 g/mol. The van der Waals surface area contributed by atoms with E-state index in [9.17, 15) is 9.59 Å². The number of hydrogen-bond acceptors (Lipinski definition) is 3. The lowest BCUT2D eigenvalue weighted by Crippen LogP contribution is -2.18. The fraction of sp³-hybridized carbons (Fsp3) is 0.115. The van der Waals surface area contributed by atoms with Crippen LogP contribution >= 0.6 is 0 Å². The Labute approximate surface area is 181 Å². The van der Waals surface area contributed by atoms with Gasteiger partial charge < -0.3 is 5.32 Å². The summed E-state index contributed by atoms with van der Waals surface area (Å²) in [5, 5.41) is 7.30. The third-order valence-electron chi connectivity index (χ3n) is 5.20. The smallest absolute Gasteiger partial charge is 0.266 e. The van der Waals surface area contributed by atoms with Gasteiger partial charge in [0.25, 0.3) is 5.56 Å². The van der Waals surface area contributed by atoms with Crippen LogP contribution in [0.25, 0.3) is 11.3 Å². The summed E-state index contributed by atoms with van der Waals surface area (Å²) >= 11 is 0. The van der Waals surface area contributed by atoms with Gasteiger partial charge in [-0.25, -0.2) is 4.68 Å². The van der Waals surface area contributed by atoms with Gasteiger partial charge in [0.2, 0.25) is 5.91 Å². The molecule has 0 atom stereocenters. The van der Waals surface area contributed by atoms with Crippen LogP contribution in [0.3, 0.4) is 0 Å². The van der Waals surface area contributed by atoms with E-state index >= 15 is 0 Å². The van der Waals surface area contributed by atoms with Gasteiger partial charge >= 0.3 is 0 Å². The molecule has 0 fully saturated rings. The minimum atomic E-state index is -0.166. The van der Waals surface area contributed by atoms with E-state index < -0.39 is 0 Å². The highest BCUT2D eigenvalue weighted by Gasteiger charge is 2.18. The summed E-state index contributed by atoms with van der Waals surface area (Å²) in [6, 6.07) is 30.8. The van der Waals surface area contributed by atoms with E-state index in [2.05, 4.69) is 34.7 Å². The highest BCUT2D eigenvalue weighted by Crippen LogP contribution is 2.28. The van der Waals surface area contributed by atoms with E-state index in [1.165, 1.54) is 10.7 Å². The van der Waals surface area contributed by atoms with E-state index in [1.54, 1.807) is 13.1 Å². The molecule has 4 rings (SSSR count). The Hall–Kier alpha value is -3.99. The van der Waals surface area contributed by atoms with Crippen LogP contribution in [-0.2, 0) is 11.8 Å². The molecule has 4 aromatic rings. The van der Waals surface area contributed by atoms with Crippen LogP contribution in [0, 0.1) is 0 Å². The molecular weight excluding hydrogens is 386 g/mol. The number of rotatable bonds is 6. The molecule has 1 aromatic heterocycles. The number of nitrogens with zero attached hydrogens (tertiary/aromatic N) is 2. The first-order valence-electron chi connectivity index (χ1n) is 10.1. The molecule has 1 amide bonds. The summed E-state index contributed by atoms with van der Waals surface area (Å²) in [4.78, 5) is 24.5. The molecule has 154 valence electrons. The van der Waals surface area contributed by atoms with Crippen molar-refractivity contribution in [1.82, 2.24) is 9.78 Å². The van der Waals surface area contributed by atoms with Crippen molar-refractivity contribution in [3.63, 3.8) is 0 Å². The van der Waals surface area contributed by atoms with Gasteiger partial charge in [-0.1, -0.05) is 72.8 Å². The SMILES string of the molecule is Cn1nc(-c2cccc(NC(=O)CC(c3ccccc3)c3ccccc3)c2)ccc1=O. The van der Waals surface area contributed by atoms with Crippen molar-refractivity contribution in [2.45, 2.75) is 12.3 Å². The Morgan fingerprint density at radius 1 is 0.871 bits per heavy atom. The van der Waals surface area contributed by atoms with Crippen molar-refractivity contribution in [2.75, 3.05) is 5.32 Å². The highest BCUT2D eigenvalue weighted by atomic mass is 16.1. The van der Waals surface area contributed by atoms with Crippen molar-refractivity contribution in [1.29, 1.82) is 0 Å². The summed E-state index contributed by atoms with van der Waals surface area (Å²) < 4.78 is 1.30. The first-order chi connectivity index (χ1) is 15.1. The lowest BCUT2D eigenvalue weighted by Gasteiger charge is -2.18. The van der Waals surface area contributed by atoms with E-state index in [4.69, 9.17) is 0 Å². The predicted molar refractivity (Wildman–Crippen MR) is 123 cm³/mol. The van der Waals surface area contributed by atoms with Gasteiger partial charge in [0, 0.05) is 36.7 Å². The number of benzene rings is 3. The molecule has 0 saturated heterocycles. The van der Waals surface area contributed by atoms with Crippen molar-refractivity contribution < 1.29 is 4.79 Å². The molecule has 0 aliphatic carbocycles. The highest BCUT2D eigenvalue weighted by molar-refractivity contribution is 5.92. The number of aromatic nitrogens is 2. The minimum Gasteiger partial charge on any atom is -0.326 e. The molecule has 1 N–H and O–H groups in total. The number of anilines is 1. The third kappa shape index (κ3) is 4.95. The molecular formula is C26H23N3O2. The van der Waals surface area contributed by atoms with Gasteiger partial charge in [-0.3, -0.25) is 9.59 Å². The standard InChI is InChI=1S/C26H23N3O2/c1-29-26(31)16-15-24(28-29)21-13-8-14-22(17-21)27-25(30)18-23(19-9-4-2-5-10-19)20-11-6-3-7-12-20/h2-17,23H,18H2,1H3,(H,27,30). The van der Waals surface area contributed by atoms with Gasteiger partial charge in [-0.05, 0) is 29.3 Å². The third-order valence-corrected chi connectivity index (χ3v) is 5.20. The number of amides is 1. The summed E-state index contributed by atoms with van der Waals surface area (Å²) in [5.41, 5.74) is 4.24. The summed E-state index contributed by atoms with van der Waals surface area (Å²) in [7, 11) is 1.62. The predicted octanol–water partition coefficient (Wildman–Crippen LogP) is 4.61. The van der Waals surface area contributed by atoms with Gasteiger partial charge in [0.05, 0.1) is 5.69 Å². The molecule has 5 heteroatoms. The fourth-order valence-electron chi connectivity index (χ4n) is 3.61. The number of carbonyl (C=O) groups is 1. The zero-order valence-corrected chi connectivity index (χ0v) is 17.2. The maximum absolute atomic E-state index is 12.9. The lowest BCUT2D eigenvalue weighted by atomic mass is 9.88. The Balaban J connectivity index is 1.54. The molecule has 0 aliphatic heterocycles. The molecule has 0 radical (unpaired) electrons. The molecule has 1 heterocycles. The van der Waals surface area contributed by atoms with Crippen molar-refractivity contribution in [3.05, 3.63) is 119 Å². The van der Waals surface area contributed by atoms with Crippen LogP contribution < -0.4 is 10.9 Å². The molecule has 3 aromatic carbocycles. The molecule has 0 unspecified atom stereocenters. The molecule has 0 saturated carbocycles. The minimum absolute atomic E-state index is 0.0316. The van der Waals surface area contributed by atoms with Crippen LogP contribution in [0.1, 0.15) is 23.5 Å². The Morgan fingerprint density at radius 3 is 2.13 bits per heavy atom. The maximum Gasteiger partial charge on any atom is 0.266 e. The molecule has 31 heavy (non-hydrogen) atoms. The van der Waals surface area contributed by atoms with E-state index in [1.807, 2.05) is 60.7 Å². The summed E-state index contributed by atoms with van der Waals surface area (Å²) in [5.74, 6) is -0.0980. The largest absolute Gasteiger partial charge is 0.326 e. The van der Waals surface area contributed by atoms with Crippen LogP contribution in [0.2, 0.25) is 0 Å². The number of hydrogen-bond donors (Lipinski definition) is 1. The summed E-state index contributed by atoms with van der Waals surface area (Å²) in [6.45, 7) is 0. The summed E-state index contributed by atoms with van der Waals surface area (Å²) in [6.07, 6.45) is 0.330. The first-order valence-corrected chi connectivity index (χ1v) is 10.1. The van der Waals surface area contributed by atoms with Crippen LogP contribution in [-0.4, -0.2) is 15.7 Å². The van der Waals surface area contributed by atoms with Gasteiger partial charge in [-0.2, -0.15) is 5.10 Å². The van der Waals surface area contributed by atoms with Gasteiger partial charge in [0.15, 0.2) is 0 Å². The second-order valence-electron chi connectivity index (χ2n) is 7.39. The van der Waals surface area contributed by atoms with Crippen molar-refractivity contribution in [2.24, 2.45) is 7.05 Å². The molecule has 0 aliphatic rings. The lowest BCUT2D eigenvalue weighted by molar-refractivity contribution is -0.116. The maximum atomic E-state index is 12.9. The second-order valence-corrected chi connectivity index (χ2v) is 7.39. The van der Waals surface area contributed by atoms with E-state index in [-0.39, 0.29) is 17.4 Å². The van der Waals surface area contributed by atoms with Crippen LogP contribution in [0.5, 0.6) is 0 Å². The zero-order valence-electron chi connectivity index (χ0n) is 17.2. The average Bonchev–Trinajstić information content (AvgIpc) is 2.80. The van der Waals surface area contributed by atoms with Gasteiger partial charge in [-0.15, -0.1) is 0 Å². The van der Waals surface area contributed by atoms with Crippen molar-refractivity contribution >= 4 is 11.6 Å². The average molecular weight is 409 g/mol. The van der Waals surface area contributed by atoms with Crippen LogP contribution in [0.15, 0.2) is 102 Å². The topological polar surface area (TPSA) is 64.0 Å². The Morgan fingerprint density at radius 2 is 1.52 bits per heavy atom. The number of aryl methyl sites for hydroxylation is 1. The zero-order chi connectivity index (χ0) is 21.6. The van der Waals surface area contributed by atoms with E-state index in [0.29, 0.717) is 17.8 Å². The van der Waals surface area contributed by atoms with Gasteiger partial charge in [0.1, 0.15) is 0 Å². The number of carbonyl (C=O) groups excluding carboxylic acids is 1. The molecule has 0 spiro atoms. The fourth-order valence-corrected chi connectivity index (χ4v) is 3.61.